The zero-order chi connectivity index (χ0) is 15.4. The molecule has 5 rings (SSSR count). The molecule has 1 heterocycles. The van der Waals surface area contributed by atoms with Crippen molar-refractivity contribution >= 4 is 5.90 Å². The van der Waals surface area contributed by atoms with Crippen molar-refractivity contribution in [3.05, 3.63) is 69.8 Å². The Hall–Kier alpha value is -2.09. The van der Waals surface area contributed by atoms with Crippen molar-refractivity contribution in [1.82, 2.24) is 0 Å². The van der Waals surface area contributed by atoms with Gasteiger partial charge in [0, 0.05) is 11.0 Å². The number of nitrogens with zero attached hydrogens (tertiary/aromatic N) is 1. The molecule has 2 nitrogen and oxygen atoms in total. The second-order valence-corrected chi connectivity index (χ2v) is 7.07. The van der Waals surface area contributed by atoms with Crippen molar-refractivity contribution < 1.29 is 4.74 Å². The lowest BCUT2D eigenvalue weighted by atomic mass is 9.73. The molecule has 1 spiro atoms. The van der Waals surface area contributed by atoms with E-state index in [1.54, 1.807) is 11.1 Å². The third-order valence-corrected chi connectivity index (χ3v) is 5.93. The highest BCUT2D eigenvalue weighted by molar-refractivity contribution is 5.97. The van der Waals surface area contributed by atoms with Crippen LogP contribution in [0.15, 0.2) is 41.4 Å². The van der Waals surface area contributed by atoms with E-state index in [1.165, 1.54) is 47.9 Å². The SMILES string of the molecule is Cc1cccc2c1C1(CC2)CCc2cccc(C3=NCCO3)c21. The fraction of sp³-hybridized carbons (Fsp3) is 0.381. The highest BCUT2D eigenvalue weighted by Crippen LogP contribution is 2.54. The Labute approximate surface area is 137 Å². The van der Waals surface area contributed by atoms with E-state index in [0.29, 0.717) is 0 Å². The Bertz CT molecular complexity index is 832. The number of aryl methyl sites for hydroxylation is 3. The Morgan fingerprint density at radius 1 is 0.957 bits per heavy atom. The van der Waals surface area contributed by atoms with E-state index in [1.807, 2.05) is 0 Å². The van der Waals surface area contributed by atoms with Crippen molar-refractivity contribution in [3.8, 4) is 0 Å². The van der Waals surface area contributed by atoms with Gasteiger partial charge in [-0.25, -0.2) is 4.99 Å². The first-order chi connectivity index (χ1) is 11.3. The molecule has 0 N–H and O–H groups in total. The van der Waals surface area contributed by atoms with Crippen LogP contribution in [0.3, 0.4) is 0 Å². The van der Waals surface area contributed by atoms with E-state index >= 15 is 0 Å². The van der Waals surface area contributed by atoms with E-state index in [-0.39, 0.29) is 5.41 Å². The van der Waals surface area contributed by atoms with Crippen LogP contribution in [-0.2, 0) is 23.0 Å². The third kappa shape index (κ3) is 1.72. The Kier molecular flexibility index (Phi) is 2.73. The summed E-state index contributed by atoms with van der Waals surface area (Å²) in [5.41, 5.74) is 9.00. The molecule has 0 radical (unpaired) electrons. The van der Waals surface area contributed by atoms with E-state index < -0.39 is 0 Å². The number of benzene rings is 2. The minimum atomic E-state index is 0.182. The smallest absolute Gasteiger partial charge is 0.216 e. The summed E-state index contributed by atoms with van der Waals surface area (Å²) in [5.74, 6) is 0.866. The van der Waals surface area contributed by atoms with Gasteiger partial charge in [0.05, 0.1) is 6.54 Å². The normalized spacial score (nSPS) is 24.5. The molecule has 1 aliphatic heterocycles. The molecule has 2 heteroatoms. The fourth-order valence-electron chi connectivity index (χ4n) is 5.12. The number of hydrogen-bond donors (Lipinski definition) is 0. The summed E-state index contributed by atoms with van der Waals surface area (Å²) in [6, 6.07) is 13.5. The van der Waals surface area contributed by atoms with Crippen LogP contribution in [0.25, 0.3) is 0 Å². The summed E-state index contributed by atoms with van der Waals surface area (Å²) in [7, 11) is 0. The largest absolute Gasteiger partial charge is 0.476 e. The quantitative estimate of drug-likeness (QED) is 0.781. The lowest BCUT2D eigenvalue weighted by molar-refractivity contribution is 0.347. The Balaban J connectivity index is 1.78. The highest BCUT2D eigenvalue weighted by atomic mass is 16.5. The lowest BCUT2D eigenvalue weighted by Crippen LogP contribution is -2.25. The maximum Gasteiger partial charge on any atom is 0.216 e. The van der Waals surface area contributed by atoms with Gasteiger partial charge < -0.3 is 4.74 Å². The molecule has 2 aromatic carbocycles. The first-order valence-electron chi connectivity index (χ1n) is 8.68. The molecule has 3 aliphatic rings. The first kappa shape index (κ1) is 13.4. The van der Waals surface area contributed by atoms with Gasteiger partial charge in [-0.1, -0.05) is 30.3 Å². The minimum absolute atomic E-state index is 0.182. The van der Waals surface area contributed by atoms with Crippen LogP contribution in [-0.4, -0.2) is 19.0 Å². The highest BCUT2D eigenvalue weighted by Gasteiger charge is 2.47. The van der Waals surface area contributed by atoms with Gasteiger partial charge in [-0.15, -0.1) is 0 Å². The average molecular weight is 303 g/mol. The van der Waals surface area contributed by atoms with Gasteiger partial charge in [-0.05, 0) is 66.5 Å². The van der Waals surface area contributed by atoms with Gasteiger partial charge in [0.2, 0.25) is 5.90 Å². The summed E-state index contributed by atoms with van der Waals surface area (Å²) in [6.07, 6.45) is 4.82. The summed E-state index contributed by atoms with van der Waals surface area (Å²) in [6.45, 7) is 3.79. The van der Waals surface area contributed by atoms with Gasteiger partial charge in [-0.2, -0.15) is 0 Å². The van der Waals surface area contributed by atoms with Crippen molar-refractivity contribution in [3.63, 3.8) is 0 Å². The van der Waals surface area contributed by atoms with Gasteiger partial charge in [0.1, 0.15) is 6.61 Å². The number of aliphatic imine (C=N–C) groups is 1. The van der Waals surface area contributed by atoms with Gasteiger partial charge in [-0.3, -0.25) is 0 Å². The second kappa shape index (κ2) is 4.70. The molecule has 116 valence electrons. The minimum Gasteiger partial charge on any atom is -0.476 e. The molecule has 1 unspecified atom stereocenters. The lowest BCUT2D eigenvalue weighted by Gasteiger charge is -2.30. The molecule has 0 saturated carbocycles. The van der Waals surface area contributed by atoms with Crippen molar-refractivity contribution in [2.24, 2.45) is 4.99 Å². The second-order valence-electron chi connectivity index (χ2n) is 7.07. The van der Waals surface area contributed by atoms with Crippen molar-refractivity contribution in [2.75, 3.05) is 13.2 Å². The van der Waals surface area contributed by atoms with Gasteiger partial charge >= 0.3 is 0 Å². The number of rotatable bonds is 1. The fourth-order valence-corrected chi connectivity index (χ4v) is 5.12. The van der Waals surface area contributed by atoms with Crippen LogP contribution in [0.1, 0.15) is 46.2 Å². The molecule has 0 aromatic heterocycles. The predicted molar refractivity (Wildman–Crippen MR) is 92.4 cm³/mol. The summed E-state index contributed by atoms with van der Waals surface area (Å²) in [4.78, 5) is 4.61. The summed E-state index contributed by atoms with van der Waals surface area (Å²) >= 11 is 0. The monoisotopic (exact) mass is 303 g/mol. The Morgan fingerprint density at radius 2 is 1.70 bits per heavy atom. The zero-order valence-electron chi connectivity index (χ0n) is 13.6. The molecular weight excluding hydrogens is 282 g/mol. The number of hydrogen-bond acceptors (Lipinski definition) is 2. The summed E-state index contributed by atoms with van der Waals surface area (Å²) in [5, 5.41) is 0. The molecule has 0 bridgehead atoms. The van der Waals surface area contributed by atoms with E-state index in [9.17, 15) is 0 Å². The molecule has 2 aliphatic carbocycles. The van der Waals surface area contributed by atoms with E-state index in [4.69, 9.17) is 4.74 Å². The third-order valence-electron chi connectivity index (χ3n) is 5.93. The molecule has 2 aromatic rings. The molecule has 0 amide bonds. The topological polar surface area (TPSA) is 21.6 Å². The molecule has 0 saturated heterocycles. The van der Waals surface area contributed by atoms with Crippen LogP contribution in [0.2, 0.25) is 0 Å². The molecular formula is C21H21NO. The van der Waals surface area contributed by atoms with E-state index in [0.717, 1.165) is 19.0 Å². The van der Waals surface area contributed by atoms with Crippen LogP contribution < -0.4 is 0 Å². The maximum atomic E-state index is 5.84. The zero-order valence-corrected chi connectivity index (χ0v) is 13.6. The Morgan fingerprint density at radius 3 is 2.43 bits per heavy atom. The van der Waals surface area contributed by atoms with Crippen LogP contribution in [0.4, 0.5) is 0 Å². The average Bonchev–Trinajstić information content (AvgIpc) is 3.29. The maximum absolute atomic E-state index is 5.84. The number of fused-ring (bicyclic) bond motifs is 4. The molecule has 0 fully saturated rings. The number of ether oxygens (including phenoxy) is 1. The van der Waals surface area contributed by atoms with Gasteiger partial charge in [0.25, 0.3) is 0 Å². The van der Waals surface area contributed by atoms with Crippen LogP contribution in [0, 0.1) is 6.92 Å². The van der Waals surface area contributed by atoms with Gasteiger partial charge in [0.15, 0.2) is 0 Å². The van der Waals surface area contributed by atoms with Crippen molar-refractivity contribution in [2.45, 2.75) is 38.0 Å². The standard InChI is InChI=1S/C21H21NO/c1-14-4-2-5-15-8-10-21(18(14)15)11-9-16-6-3-7-17(19(16)21)20-22-12-13-23-20/h2-7H,8-13H2,1H3. The predicted octanol–water partition coefficient (Wildman–Crippen LogP) is 3.95. The van der Waals surface area contributed by atoms with Crippen molar-refractivity contribution in [1.29, 1.82) is 0 Å². The van der Waals surface area contributed by atoms with E-state index in [2.05, 4.69) is 48.3 Å². The first-order valence-corrected chi connectivity index (χ1v) is 8.68. The van der Waals surface area contributed by atoms with Crippen LogP contribution >= 0.6 is 0 Å². The summed E-state index contributed by atoms with van der Waals surface area (Å²) < 4.78 is 5.84. The molecule has 1 atom stereocenters. The van der Waals surface area contributed by atoms with Crippen LogP contribution in [0.5, 0.6) is 0 Å². The molecule has 23 heavy (non-hydrogen) atoms.